The van der Waals surface area contributed by atoms with E-state index in [-0.39, 0.29) is 23.1 Å². The maximum atomic E-state index is 11.9. The molecule has 0 aliphatic carbocycles. The van der Waals surface area contributed by atoms with Crippen molar-refractivity contribution in [2.45, 2.75) is 6.92 Å². The molecule has 124 valence electrons. The van der Waals surface area contributed by atoms with Gasteiger partial charge in [-0.15, -0.1) is 0 Å². The van der Waals surface area contributed by atoms with E-state index in [2.05, 4.69) is 5.32 Å². The molecule has 0 saturated heterocycles. The van der Waals surface area contributed by atoms with E-state index in [0.29, 0.717) is 10.7 Å². The highest BCUT2D eigenvalue weighted by molar-refractivity contribution is 6.34. The molecule has 0 saturated carbocycles. The molecular formula is C18H15Cl2NO3. The lowest BCUT2D eigenvalue weighted by molar-refractivity contribution is -0.111. The Labute approximate surface area is 150 Å². The van der Waals surface area contributed by atoms with Gasteiger partial charge >= 0.3 is 5.97 Å². The molecule has 1 amide bonds. The Hall–Kier alpha value is -2.30. The number of ether oxygens (including phenoxy) is 1. The first-order chi connectivity index (χ1) is 11.5. The van der Waals surface area contributed by atoms with E-state index in [1.54, 1.807) is 43.3 Å². The SMILES string of the molecule is CCOC(=O)c1ccc(NC(=O)/C=C/c2ccc(Cl)cc2)cc1Cl. The number of anilines is 1. The fraction of sp³-hybridized carbons (Fsp3) is 0.111. The second-order valence-corrected chi connectivity index (χ2v) is 5.63. The van der Waals surface area contributed by atoms with Crippen molar-refractivity contribution in [1.29, 1.82) is 0 Å². The van der Waals surface area contributed by atoms with Crippen molar-refractivity contribution in [3.8, 4) is 0 Å². The molecule has 24 heavy (non-hydrogen) atoms. The van der Waals surface area contributed by atoms with Crippen LogP contribution in [-0.4, -0.2) is 18.5 Å². The zero-order valence-electron chi connectivity index (χ0n) is 12.9. The van der Waals surface area contributed by atoms with Crippen molar-refractivity contribution in [3.05, 3.63) is 69.7 Å². The molecule has 4 nitrogen and oxygen atoms in total. The van der Waals surface area contributed by atoms with Crippen LogP contribution in [0, 0.1) is 0 Å². The minimum Gasteiger partial charge on any atom is -0.462 e. The molecule has 2 rings (SSSR count). The highest BCUT2D eigenvalue weighted by Crippen LogP contribution is 2.22. The summed E-state index contributed by atoms with van der Waals surface area (Å²) in [5, 5.41) is 3.52. The van der Waals surface area contributed by atoms with Crippen LogP contribution in [-0.2, 0) is 9.53 Å². The zero-order valence-corrected chi connectivity index (χ0v) is 14.4. The molecule has 0 spiro atoms. The van der Waals surface area contributed by atoms with Crippen LogP contribution in [0.1, 0.15) is 22.8 Å². The molecule has 6 heteroatoms. The fourth-order valence-corrected chi connectivity index (χ4v) is 2.28. The third kappa shape index (κ3) is 5.11. The molecule has 0 heterocycles. The summed E-state index contributed by atoms with van der Waals surface area (Å²) in [5.41, 5.74) is 1.59. The lowest BCUT2D eigenvalue weighted by atomic mass is 10.2. The van der Waals surface area contributed by atoms with Gasteiger partial charge in [-0.1, -0.05) is 35.3 Å². The summed E-state index contributed by atoms with van der Waals surface area (Å²) in [4.78, 5) is 23.6. The molecule has 2 aromatic carbocycles. The molecule has 2 aromatic rings. The van der Waals surface area contributed by atoms with Gasteiger partial charge in [0.05, 0.1) is 17.2 Å². The monoisotopic (exact) mass is 363 g/mol. The number of benzene rings is 2. The topological polar surface area (TPSA) is 55.4 Å². The fourth-order valence-electron chi connectivity index (χ4n) is 1.90. The number of nitrogens with one attached hydrogen (secondary N) is 1. The van der Waals surface area contributed by atoms with E-state index < -0.39 is 5.97 Å². The van der Waals surface area contributed by atoms with Crippen molar-refractivity contribution >= 4 is 46.8 Å². The third-order valence-corrected chi connectivity index (χ3v) is 3.59. The Balaban J connectivity index is 2.02. The van der Waals surface area contributed by atoms with Crippen LogP contribution in [0.2, 0.25) is 10.0 Å². The first kappa shape index (κ1) is 18.0. The van der Waals surface area contributed by atoms with Gasteiger partial charge in [0.1, 0.15) is 0 Å². The zero-order chi connectivity index (χ0) is 17.5. The average Bonchev–Trinajstić information content (AvgIpc) is 2.54. The van der Waals surface area contributed by atoms with Gasteiger partial charge in [-0.25, -0.2) is 4.79 Å². The highest BCUT2D eigenvalue weighted by atomic mass is 35.5. The van der Waals surface area contributed by atoms with Gasteiger partial charge in [0.25, 0.3) is 0 Å². The van der Waals surface area contributed by atoms with Crippen molar-refractivity contribution in [3.63, 3.8) is 0 Å². The van der Waals surface area contributed by atoms with Crippen molar-refractivity contribution in [2.75, 3.05) is 11.9 Å². The van der Waals surface area contributed by atoms with Gasteiger partial charge in [0, 0.05) is 16.8 Å². The van der Waals surface area contributed by atoms with E-state index in [9.17, 15) is 9.59 Å². The van der Waals surface area contributed by atoms with Gasteiger partial charge < -0.3 is 10.1 Å². The van der Waals surface area contributed by atoms with Crippen molar-refractivity contribution in [2.24, 2.45) is 0 Å². The maximum Gasteiger partial charge on any atom is 0.339 e. The number of carbonyl (C=O) groups excluding carboxylic acids is 2. The molecule has 0 unspecified atom stereocenters. The summed E-state index contributed by atoms with van der Waals surface area (Å²) in [5.74, 6) is -0.812. The van der Waals surface area contributed by atoms with Crippen LogP contribution in [0.3, 0.4) is 0 Å². The van der Waals surface area contributed by atoms with Crippen molar-refractivity contribution in [1.82, 2.24) is 0 Å². The number of esters is 1. The summed E-state index contributed by atoms with van der Waals surface area (Å²) in [7, 11) is 0. The van der Waals surface area contributed by atoms with Gasteiger partial charge in [0.15, 0.2) is 0 Å². The molecular weight excluding hydrogens is 349 g/mol. The first-order valence-electron chi connectivity index (χ1n) is 7.21. The van der Waals surface area contributed by atoms with Crippen LogP contribution >= 0.6 is 23.2 Å². The van der Waals surface area contributed by atoms with E-state index in [0.717, 1.165) is 5.56 Å². The minimum absolute atomic E-state index is 0.216. The molecule has 0 aliphatic heterocycles. The Morgan fingerprint density at radius 2 is 1.83 bits per heavy atom. The summed E-state index contributed by atoms with van der Waals surface area (Å²) >= 11 is 11.9. The van der Waals surface area contributed by atoms with Gasteiger partial charge in [-0.2, -0.15) is 0 Å². The number of halogens is 2. The Morgan fingerprint density at radius 3 is 2.46 bits per heavy atom. The van der Waals surface area contributed by atoms with Crippen LogP contribution in [0.4, 0.5) is 5.69 Å². The number of carbonyl (C=O) groups is 2. The number of amides is 1. The number of rotatable bonds is 5. The maximum absolute atomic E-state index is 11.9. The second-order valence-electron chi connectivity index (χ2n) is 4.79. The predicted molar refractivity (Wildman–Crippen MR) is 96.5 cm³/mol. The van der Waals surface area contributed by atoms with Gasteiger partial charge in [-0.3, -0.25) is 4.79 Å². The Kier molecular flexibility index (Phi) is 6.41. The van der Waals surface area contributed by atoms with E-state index in [1.165, 1.54) is 18.2 Å². The molecule has 0 radical (unpaired) electrons. The number of hydrogen-bond donors (Lipinski definition) is 1. The van der Waals surface area contributed by atoms with Gasteiger partial charge in [0.2, 0.25) is 5.91 Å². The summed E-state index contributed by atoms with van der Waals surface area (Å²) in [6, 6.07) is 11.7. The molecule has 1 N–H and O–H groups in total. The smallest absolute Gasteiger partial charge is 0.339 e. The molecule has 0 bridgehead atoms. The average molecular weight is 364 g/mol. The van der Waals surface area contributed by atoms with Crippen LogP contribution < -0.4 is 5.32 Å². The quantitative estimate of drug-likeness (QED) is 0.611. The van der Waals surface area contributed by atoms with Crippen LogP contribution in [0.25, 0.3) is 6.08 Å². The second kappa shape index (κ2) is 8.52. The lowest BCUT2D eigenvalue weighted by Gasteiger charge is -2.07. The van der Waals surface area contributed by atoms with Crippen LogP contribution in [0.5, 0.6) is 0 Å². The third-order valence-electron chi connectivity index (χ3n) is 3.03. The lowest BCUT2D eigenvalue weighted by Crippen LogP contribution is -2.09. The summed E-state index contributed by atoms with van der Waals surface area (Å²) < 4.78 is 4.89. The molecule has 0 aliphatic rings. The number of hydrogen-bond acceptors (Lipinski definition) is 3. The standard InChI is InChI=1S/C18H15Cl2NO3/c1-2-24-18(23)15-9-8-14(11-16(15)20)21-17(22)10-5-12-3-6-13(19)7-4-12/h3-11H,2H2,1H3,(H,21,22)/b10-5+. The summed E-state index contributed by atoms with van der Waals surface area (Å²) in [6.07, 6.45) is 3.07. The largest absolute Gasteiger partial charge is 0.462 e. The molecule has 0 aromatic heterocycles. The Morgan fingerprint density at radius 1 is 1.12 bits per heavy atom. The minimum atomic E-state index is -0.497. The molecule has 0 fully saturated rings. The predicted octanol–water partition coefficient (Wildman–Crippen LogP) is 4.82. The highest BCUT2D eigenvalue weighted by Gasteiger charge is 2.12. The normalized spacial score (nSPS) is 10.6. The van der Waals surface area contributed by atoms with Crippen LogP contribution in [0.15, 0.2) is 48.5 Å². The molecule has 0 atom stereocenters. The van der Waals surface area contributed by atoms with Crippen molar-refractivity contribution < 1.29 is 14.3 Å². The van der Waals surface area contributed by atoms with E-state index in [4.69, 9.17) is 27.9 Å². The van der Waals surface area contributed by atoms with E-state index >= 15 is 0 Å². The summed E-state index contributed by atoms with van der Waals surface area (Å²) in [6.45, 7) is 1.98. The van der Waals surface area contributed by atoms with Gasteiger partial charge in [-0.05, 0) is 48.9 Å². The van der Waals surface area contributed by atoms with E-state index in [1.807, 2.05) is 0 Å². The first-order valence-corrected chi connectivity index (χ1v) is 7.96. The Bertz CT molecular complexity index is 770.